The normalized spacial score (nSPS) is 22.3. The van der Waals surface area contributed by atoms with Crippen LogP contribution in [0.4, 0.5) is 14.6 Å². The number of carbonyl (C=O) groups is 1. The fourth-order valence-electron chi connectivity index (χ4n) is 7.35. The lowest BCUT2D eigenvalue weighted by Gasteiger charge is -2.39. The number of piperazine rings is 1. The number of amides is 1. The van der Waals surface area contributed by atoms with E-state index >= 15 is 4.39 Å². The van der Waals surface area contributed by atoms with Crippen molar-refractivity contribution in [2.24, 2.45) is 5.41 Å². The molecule has 2 atom stereocenters. The van der Waals surface area contributed by atoms with Gasteiger partial charge in [0.25, 0.3) is 5.91 Å². The Morgan fingerprint density at radius 2 is 2.00 bits per heavy atom. The summed E-state index contributed by atoms with van der Waals surface area (Å²) in [7, 11) is 2.08. The van der Waals surface area contributed by atoms with Crippen molar-refractivity contribution in [2.75, 3.05) is 51.3 Å². The lowest BCUT2D eigenvalue weighted by atomic mass is 9.95. The number of halogens is 2. The number of benzene rings is 2. The Balaban J connectivity index is 1.28. The van der Waals surface area contributed by atoms with E-state index in [1.165, 1.54) is 34.9 Å². The maximum Gasteiger partial charge on any atom is 0.319 e. The fraction of sp³-hybridized carbons (Fsp3) is 0.471. The highest BCUT2D eigenvalue weighted by Crippen LogP contribution is 2.57. The van der Waals surface area contributed by atoms with Crippen LogP contribution in [-0.2, 0) is 17.6 Å². The van der Waals surface area contributed by atoms with Gasteiger partial charge in [0.05, 0.1) is 5.52 Å². The zero-order valence-electron chi connectivity index (χ0n) is 25.0. The van der Waals surface area contributed by atoms with Crippen LogP contribution in [-0.4, -0.2) is 84.1 Å². The van der Waals surface area contributed by atoms with Crippen LogP contribution in [0.25, 0.3) is 26.9 Å². The average molecular weight is 599 g/mol. The van der Waals surface area contributed by atoms with Crippen LogP contribution >= 0.6 is 0 Å². The number of likely N-dealkylation sites (tertiary alicyclic amines) is 1. The predicted octanol–water partition coefficient (Wildman–Crippen LogP) is 5.21. The Morgan fingerprint density at radius 1 is 1.16 bits per heavy atom. The van der Waals surface area contributed by atoms with Gasteiger partial charge in [0.1, 0.15) is 24.3 Å². The van der Waals surface area contributed by atoms with Crippen LogP contribution in [0, 0.1) is 17.8 Å². The summed E-state index contributed by atoms with van der Waals surface area (Å²) in [5.74, 6) is -1.74. The number of anilines is 1. The predicted molar refractivity (Wildman–Crippen MR) is 165 cm³/mol. The largest absolute Gasteiger partial charge is 0.462 e. The monoisotopic (exact) mass is 598 g/mol. The number of likely N-dealkylation sites (N-methyl/N-ethyl adjacent to an activating group) is 1. The van der Waals surface area contributed by atoms with Crippen molar-refractivity contribution in [1.82, 2.24) is 19.8 Å². The van der Waals surface area contributed by atoms with Gasteiger partial charge in [0.15, 0.2) is 5.83 Å². The number of hydrogen-bond acceptors (Lipinski definition) is 6. The molecule has 0 N–H and O–H groups in total. The molecule has 1 spiro atoms. The quantitative estimate of drug-likeness (QED) is 0.275. The first-order valence-corrected chi connectivity index (χ1v) is 15.4. The van der Waals surface area contributed by atoms with Gasteiger partial charge in [-0.15, -0.1) is 0 Å². The highest BCUT2D eigenvalue weighted by Gasteiger charge is 2.47. The number of rotatable bonds is 7. The summed E-state index contributed by atoms with van der Waals surface area (Å²) in [5.41, 5.74) is 4.89. The van der Waals surface area contributed by atoms with Gasteiger partial charge in [-0.1, -0.05) is 24.8 Å². The molecule has 44 heavy (non-hydrogen) atoms. The number of fused-ring (bicyclic) bond motifs is 2. The van der Waals surface area contributed by atoms with Crippen LogP contribution in [0.1, 0.15) is 36.8 Å². The van der Waals surface area contributed by atoms with Crippen LogP contribution in [0.2, 0.25) is 0 Å². The summed E-state index contributed by atoms with van der Waals surface area (Å²) in [6, 6.07) is 9.38. The van der Waals surface area contributed by atoms with Crippen molar-refractivity contribution < 1.29 is 18.3 Å². The zero-order valence-corrected chi connectivity index (χ0v) is 25.0. The maximum absolute atomic E-state index is 16.1. The minimum absolute atomic E-state index is 0.00493. The summed E-state index contributed by atoms with van der Waals surface area (Å²) < 4.78 is 36.1. The lowest BCUT2D eigenvalue weighted by molar-refractivity contribution is -0.131. The second-order valence-corrected chi connectivity index (χ2v) is 12.9. The molecule has 0 bridgehead atoms. The Kier molecular flexibility index (Phi) is 7.24. The van der Waals surface area contributed by atoms with Gasteiger partial charge in [-0.3, -0.25) is 4.79 Å². The van der Waals surface area contributed by atoms with Crippen molar-refractivity contribution in [3.63, 3.8) is 0 Å². The summed E-state index contributed by atoms with van der Waals surface area (Å²) in [6.45, 7) is 12.8. The van der Waals surface area contributed by atoms with Crippen LogP contribution in [0.15, 0.2) is 42.7 Å². The highest BCUT2D eigenvalue weighted by molar-refractivity contribution is 5.94. The van der Waals surface area contributed by atoms with Gasteiger partial charge in [0.2, 0.25) is 6.54 Å². The minimum Gasteiger partial charge on any atom is -0.462 e. The van der Waals surface area contributed by atoms with Crippen LogP contribution in [0.3, 0.4) is 0 Å². The maximum atomic E-state index is 16.1. The summed E-state index contributed by atoms with van der Waals surface area (Å²) in [5, 5.41) is 0.527. The van der Waals surface area contributed by atoms with E-state index in [1.54, 1.807) is 6.07 Å². The lowest BCUT2D eigenvalue weighted by Crippen LogP contribution is -2.56. The molecule has 3 fully saturated rings. The molecule has 2 saturated heterocycles. The molecule has 2 aliphatic carbocycles. The molecule has 0 unspecified atom stereocenters. The van der Waals surface area contributed by atoms with Gasteiger partial charge in [0, 0.05) is 36.6 Å². The van der Waals surface area contributed by atoms with E-state index in [0.29, 0.717) is 40.9 Å². The fourth-order valence-corrected chi connectivity index (χ4v) is 7.35. The molecular weight excluding hydrogens is 562 g/mol. The van der Waals surface area contributed by atoms with Gasteiger partial charge in [-0.2, -0.15) is 9.97 Å². The molecule has 2 aliphatic heterocycles. The van der Waals surface area contributed by atoms with Crippen molar-refractivity contribution in [1.29, 1.82) is 0 Å². The number of ether oxygens (including phenoxy) is 1. The number of aromatic nitrogens is 2. The SMILES string of the molecule is [C-]#[N+]C[C@H]1CN(c2nc(OC[C@@H]3CCCN3C)nc3cc(-c4cccc5c4CC4(CC4)C5)c(F)cc23)CCN1C(=O)C(=C)F. The Hall–Kier alpha value is -4.10. The van der Waals surface area contributed by atoms with Crippen molar-refractivity contribution in [3.8, 4) is 17.1 Å². The number of hydrogen-bond donors (Lipinski definition) is 0. The second-order valence-electron chi connectivity index (χ2n) is 12.9. The molecule has 1 aromatic heterocycles. The standard InChI is InChI=1S/C34H36F2N6O2/c1-21(35)32(43)42-13-12-41(19-24(42)18-37-2)31-27-14-29(36)26(25-8-4-6-22-16-34(9-10-34)17-28(22)25)15-30(27)38-33(39-31)44-20-23-7-5-11-40(23)3/h4,6,8,14-15,23-24H,1,5,7,9-13,16-20H2,3H3/t23-,24-/m0/s1. The van der Waals surface area contributed by atoms with Crippen LogP contribution < -0.4 is 9.64 Å². The van der Waals surface area contributed by atoms with Crippen molar-refractivity contribution in [3.05, 3.63) is 71.1 Å². The molecule has 1 saturated carbocycles. The van der Waals surface area contributed by atoms with Crippen molar-refractivity contribution in [2.45, 2.75) is 50.6 Å². The molecule has 3 heterocycles. The minimum atomic E-state index is -1.05. The van der Waals surface area contributed by atoms with E-state index in [1.807, 2.05) is 17.0 Å². The summed E-state index contributed by atoms with van der Waals surface area (Å²) >= 11 is 0. The zero-order chi connectivity index (χ0) is 30.6. The van der Waals surface area contributed by atoms with Gasteiger partial charge >= 0.3 is 6.01 Å². The molecule has 3 aromatic rings. The van der Waals surface area contributed by atoms with E-state index < -0.39 is 17.8 Å². The van der Waals surface area contributed by atoms with Gasteiger partial charge in [-0.05, 0) is 86.4 Å². The molecule has 4 aliphatic rings. The van der Waals surface area contributed by atoms with E-state index in [4.69, 9.17) is 21.3 Å². The smallest absolute Gasteiger partial charge is 0.319 e. The number of carbonyl (C=O) groups excluding carboxylic acids is 1. The molecule has 0 radical (unpaired) electrons. The van der Waals surface area contributed by atoms with E-state index in [-0.39, 0.29) is 37.5 Å². The molecule has 2 aromatic carbocycles. The molecule has 10 heteroatoms. The third-order valence-corrected chi connectivity index (χ3v) is 10.0. The van der Waals surface area contributed by atoms with E-state index in [2.05, 4.69) is 29.4 Å². The van der Waals surface area contributed by atoms with Crippen molar-refractivity contribution >= 4 is 22.6 Å². The Labute approximate surface area is 256 Å². The van der Waals surface area contributed by atoms with Gasteiger partial charge < -0.3 is 24.3 Å². The first-order valence-electron chi connectivity index (χ1n) is 15.4. The highest BCUT2D eigenvalue weighted by atomic mass is 19.1. The third kappa shape index (κ3) is 5.17. The van der Waals surface area contributed by atoms with E-state index in [9.17, 15) is 9.18 Å². The molecular formula is C34H36F2N6O2. The average Bonchev–Trinajstić information content (AvgIpc) is 3.45. The number of nitrogens with zero attached hydrogens (tertiary/aromatic N) is 6. The molecule has 8 nitrogen and oxygen atoms in total. The van der Waals surface area contributed by atoms with Gasteiger partial charge in [-0.25, -0.2) is 15.4 Å². The Morgan fingerprint density at radius 3 is 2.73 bits per heavy atom. The first kappa shape index (κ1) is 28.7. The summed E-state index contributed by atoms with van der Waals surface area (Å²) in [6.07, 6.45) is 6.62. The molecule has 7 rings (SSSR count). The third-order valence-electron chi connectivity index (χ3n) is 10.0. The topological polar surface area (TPSA) is 66.2 Å². The molecule has 1 amide bonds. The first-order chi connectivity index (χ1) is 21.2. The second kappa shape index (κ2) is 11.1. The Bertz CT molecular complexity index is 1700. The molecule has 228 valence electrons. The van der Waals surface area contributed by atoms with E-state index in [0.717, 1.165) is 37.8 Å². The summed E-state index contributed by atoms with van der Waals surface area (Å²) in [4.78, 5) is 31.1. The van der Waals surface area contributed by atoms with Crippen LogP contribution in [0.5, 0.6) is 6.01 Å².